The molecule has 29 heavy (non-hydrogen) atoms. The molecule has 0 bridgehead atoms. The van der Waals surface area contributed by atoms with Crippen LogP contribution in [0.3, 0.4) is 0 Å². The molecule has 150 valence electrons. The number of nitrogens with zero attached hydrogens (tertiary/aromatic N) is 6. The van der Waals surface area contributed by atoms with Gasteiger partial charge in [0, 0.05) is 44.1 Å². The third-order valence-electron chi connectivity index (χ3n) is 5.20. The average molecular weight is 392 g/mol. The summed E-state index contributed by atoms with van der Waals surface area (Å²) in [4.78, 5) is 11.3. The van der Waals surface area contributed by atoms with Gasteiger partial charge in [-0.2, -0.15) is 10.1 Å². The normalized spacial score (nSPS) is 14.2. The average Bonchev–Trinajstić information content (AvgIpc) is 2.75. The standard InChI is InChI=1S/C22H25FN6/c1-3-29(20-6-4-5-17(2)15-20)22-25-21(16-24-26-22)28-13-11-27(12-14-28)19-9-7-18(23)8-10-19/h4-10,15-16H,3,11-14H2,1-2H3. The lowest BCUT2D eigenvalue weighted by Crippen LogP contribution is -2.47. The minimum absolute atomic E-state index is 0.207. The lowest BCUT2D eigenvalue weighted by molar-refractivity contribution is 0.623. The molecule has 7 heteroatoms. The van der Waals surface area contributed by atoms with Gasteiger partial charge in [-0.15, -0.1) is 5.10 Å². The molecule has 2 aromatic carbocycles. The number of halogens is 1. The number of benzene rings is 2. The maximum atomic E-state index is 13.2. The summed E-state index contributed by atoms with van der Waals surface area (Å²) in [7, 11) is 0. The molecule has 1 aliphatic rings. The van der Waals surface area contributed by atoms with E-state index in [2.05, 4.69) is 56.9 Å². The molecule has 0 spiro atoms. The van der Waals surface area contributed by atoms with Crippen LogP contribution >= 0.6 is 0 Å². The van der Waals surface area contributed by atoms with E-state index in [-0.39, 0.29) is 5.82 Å². The number of rotatable bonds is 5. The van der Waals surface area contributed by atoms with Crippen LogP contribution in [-0.4, -0.2) is 47.9 Å². The van der Waals surface area contributed by atoms with Crippen molar-refractivity contribution in [1.29, 1.82) is 0 Å². The first-order valence-corrected chi connectivity index (χ1v) is 9.93. The first-order chi connectivity index (χ1) is 14.1. The molecule has 2 heterocycles. The van der Waals surface area contributed by atoms with Crippen LogP contribution in [0.25, 0.3) is 0 Å². The van der Waals surface area contributed by atoms with Gasteiger partial charge < -0.3 is 14.7 Å². The van der Waals surface area contributed by atoms with Crippen molar-refractivity contribution >= 4 is 23.1 Å². The smallest absolute Gasteiger partial charge is 0.251 e. The molecular weight excluding hydrogens is 367 g/mol. The Hall–Kier alpha value is -3.22. The molecule has 1 saturated heterocycles. The second kappa shape index (κ2) is 8.43. The van der Waals surface area contributed by atoms with Crippen molar-refractivity contribution < 1.29 is 4.39 Å². The van der Waals surface area contributed by atoms with Gasteiger partial charge in [-0.3, -0.25) is 0 Å². The highest BCUT2D eigenvalue weighted by atomic mass is 19.1. The molecule has 6 nitrogen and oxygen atoms in total. The number of piperazine rings is 1. The first-order valence-electron chi connectivity index (χ1n) is 9.93. The molecule has 0 aliphatic carbocycles. The SMILES string of the molecule is CCN(c1cccc(C)c1)c1nncc(N2CCN(c3ccc(F)cc3)CC2)n1. The van der Waals surface area contributed by atoms with Crippen LogP contribution in [0.4, 0.5) is 27.5 Å². The number of hydrogen-bond donors (Lipinski definition) is 0. The van der Waals surface area contributed by atoms with E-state index in [1.807, 2.05) is 18.2 Å². The second-order valence-electron chi connectivity index (χ2n) is 7.15. The Morgan fingerprint density at radius 3 is 2.41 bits per heavy atom. The van der Waals surface area contributed by atoms with E-state index in [9.17, 15) is 4.39 Å². The van der Waals surface area contributed by atoms with Crippen molar-refractivity contribution in [1.82, 2.24) is 15.2 Å². The molecular formula is C22H25FN6. The monoisotopic (exact) mass is 392 g/mol. The quantitative estimate of drug-likeness (QED) is 0.658. The number of aryl methyl sites for hydroxylation is 1. The van der Waals surface area contributed by atoms with Gasteiger partial charge in [-0.1, -0.05) is 12.1 Å². The van der Waals surface area contributed by atoms with Crippen molar-refractivity contribution in [2.24, 2.45) is 0 Å². The fourth-order valence-electron chi connectivity index (χ4n) is 3.63. The van der Waals surface area contributed by atoms with E-state index in [1.165, 1.54) is 17.7 Å². The highest BCUT2D eigenvalue weighted by molar-refractivity contribution is 5.59. The van der Waals surface area contributed by atoms with Crippen LogP contribution < -0.4 is 14.7 Å². The maximum absolute atomic E-state index is 13.2. The third-order valence-corrected chi connectivity index (χ3v) is 5.20. The Balaban J connectivity index is 1.48. The summed E-state index contributed by atoms with van der Waals surface area (Å²) in [5.74, 6) is 1.23. The van der Waals surface area contributed by atoms with Gasteiger partial charge in [0.2, 0.25) is 0 Å². The van der Waals surface area contributed by atoms with Crippen molar-refractivity contribution in [3.63, 3.8) is 0 Å². The predicted molar refractivity (Wildman–Crippen MR) is 115 cm³/mol. The highest BCUT2D eigenvalue weighted by Gasteiger charge is 2.20. The molecule has 1 aromatic heterocycles. The largest absolute Gasteiger partial charge is 0.368 e. The lowest BCUT2D eigenvalue weighted by Gasteiger charge is -2.36. The summed E-state index contributed by atoms with van der Waals surface area (Å²) in [6.07, 6.45) is 1.72. The highest BCUT2D eigenvalue weighted by Crippen LogP contribution is 2.25. The van der Waals surface area contributed by atoms with Crippen molar-refractivity contribution in [2.45, 2.75) is 13.8 Å². The van der Waals surface area contributed by atoms with Gasteiger partial charge in [0.15, 0.2) is 5.82 Å². The molecule has 1 aliphatic heterocycles. The number of hydrogen-bond acceptors (Lipinski definition) is 6. The summed E-state index contributed by atoms with van der Waals surface area (Å²) in [5, 5.41) is 8.49. The summed E-state index contributed by atoms with van der Waals surface area (Å²) >= 11 is 0. The Kier molecular flexibility index (Phi) is 5.55. The number of anilines is 4. The molecule has 0 saturated carbocycles. The molecule has 1 fully saturated rings. The van der Waals surface area contributed by atoms with Crippen LogP contribution in [0.5, 0.6) is 0 Å². The van der Waals surface area contributed by atoms with Crippen molar-refractivity contribution in [3.8, 4) is 0 Å². The minimum Gasteiger partial charge on any atom is -0.368 e. The molecule has 4 rings (SSSR count). The molecule has 0 N–H and O–H groups in total. The van der Waals surface area contributed by atoms with Crippen LogP contribution in [0, 0.1) is 12.7 Å². The Labute approximate surface area is 170 Å². The maximum Gasteiger partial charge on any atom is 0.251 e. The van der Waals surface area contributed by atoms with Crippen LogP contribution in [0.1, 0.15) is 12.5 Å². The topological polar surface area (TPSA) is 48.4 Å². The molecule has 0 unspecified atom stereocenters. The van der Waals surface area contributed by atoms with E-state index in [1.54, 1.807) is 6.20 Å². The van der Waals surface area contributed by atoms with E-state index in [4.69, 9.17) is 4.98 Å². The van der Waals surface area contributed by atoms with Gasteiger partial charge >= 0.3 is 0 Å². The van der Waals surface area contributed by atoms with Crippen LogP contribution in [0.2, 0.25) is 0 Å². The van der Waals surface area contributed by atoms with Crippen LogP contribution in [-0.2, 0) is 0 Å². The van der Waals surface area contributed by atoms with Gasteiger partial charge in [0.05, 0.1) is 6.20 Å². The summed E-state index contributed by atoms with van der Waals surface area (Å²) in [6.45, 7) is 8.26. The molecule has 0 atom stereocenters. The summed E-state index contributed by atoms with van der Waals surface area (Å²) in [5.41, 5.74) is 3.30. The Morgan fingerprint density at radius 2 is 1.72 bits per heavy atom. The Bertz CT molecular complexity index is 954. The van der Waals surface area contributed by atoms with Gasteiger partial charge in [0.25, 0.3) is 5.95 Å². The van der Waals surface area contributed by atoms with Crippen LogP contribution in [0.15, 0.2) is 54.7 Å². The zero-order chi connectivity index (χ0) is 20.2. The second-order valence-corrected chi connectivity index (χ2v) is 7.15. The van der Waals surface area contributed by atoms with E-state index in [0.717, 1.165) is 49.9 Å². The zero-order valence-electron chi connectivity index (χ0n) is 16.8. The van der Waals surface area contributed by atoms with Crippen molar-refractivity contribution in [2.75, 3.05) is 47.4 Å². The number of aromatic nitrogens is 3. The lowest BCUT2D eigenvalue weighted by atomic mass is 10.2. The molecule has 0 amide bonds. The minimum atomic E-state index is -0.207. The summed E-state index contributed by atoms with van der Waals surface area (Å²) in [6, 6.07) is 15.0. The van der Waals surface area contributed by atoms with Gasteiger partial charge in [-0.25, -0.2) is 4.39 Å². The van der Waals surface area contributed by atoms with E-state index in [0.29, 0.717) is 5.95 Å². The fourth-order valence-corrected chi connectivity index (χ4v) is 3.63. The molecule has 3 aromatic rings. The van der Waals surface area contributed by atoms with E-state index < -0.39 is 0 Å². The predicted octanol–water partition coefficient (Wildman–Crippen LogP) is 3.80. The third kappa shape index (κ3) is 4.29. The van der Waals surface area contributed by atoms with Gasteiger partial charge in [0.1, 0.15) is 5.82 Å². The fraction of sp³-hybridized carbons (Fsp3) is 0.318. The zero-order valence-corrected chi connectivity index (χ0v) is 16.8. The van der Waals surface area contributed by atoms with Gasteiger partial charge in [-0.05, 0) is 55.8 Å². The van der Waals surface area contributed by atoms with Crippen molar-refractivity contribution in [3.05, 3.63) is 66.1 Å². The summed E-state index contributed by atoms with van der Waals surface area (Å²) < 4.78 is 13.2. The molecule has 0 radical (unpaired) electrons. The first kappa shape index (κ1) is 19.1. The Morgan fingerprint density at radius 1 is 1.00 bits per heavy atom. The van der Waals surface area contributed by atoms with E-state index >= 15 is 0 Å².